The van der Waals surface area contributed by atoms with Gasteiger partial charge >= 0.3 is 5.97 Å². The average Bonchev–Trinajstić information content (AvgIpc) is 3.21. The number of nitrogens with zero attached hydrogens (tertiary/aromatic N) is 4. The Kier molecular flexibility index (Phi) is 6.61. The topological polar surface area (TPSA) is 110 Å². The minimum atomic E-state index is -1.00. The lowest BCUT2D eigenvalue weighted by atomic mass is 10.1. The van der Waals surface area contributed by atoms with E-state index in [0.29, 0.717) is 22.4 Å². The second kappa shape index (κ2) is 9.33. The molecule has 2 N–H and O–H groups in total. The number of hydrogen-bond acceptors (Lipinski definition) is 7. The van der Waals surface area contributed by atoms with E-state index in [1.54, 1.807) is 24.3 Å². The lowest BCUT2D eigenvalue weighted by Gasteiger charge is -2.13. The third-order valence-electron chi connectivity index (χ3n) is 4.36. The summed E-state index contributed by atoms with van der Waals surface area (Å²) in [5, 5.41) is 24.4. The fraction of sp³-hybridized carbons (Fsp3) is 0.250. The van der Waals surface area contributed by atoms with Crippen molar-refractivity contribution >= 4 is 29.2 Å². The first kappa shape index (κ1) is 20.5. The van der Waals surface area contributed by atoms with Gasteiger partial charge in [0, 0.05) is 17.3 Å². The highest BCUT2D eigenvalue weighted by atomic mass is 32.2. The molecule has 0 bridgehead atoms. The minimum absolute atomic E-state index is 0.0270. The molecule has 0 saturated carbocycles. The zero-order valence-corrected chi connectivity index (χ0v) is 16.9. The quantitative estimate of drug-likeness (QED) is 0.406. The Balaban J connectivity index is 1.64. The van der Waals surface area contributed by atoms with Crippen molar-refractivity contribution in [2.75, 3.05) is 11.1 Å². The van der Waals surface area contributed by atoms with Crippen molar-refractivity contribution in [3.63, 3.8) is 0 Å². The zero-order chi connectivity index (χ0) is 20.8. The molecule has 0 fully saturated rings. The number of nitrogens with one attached hydrogen (secondary N) is 1. The van der Waals surface area contributed by atoms with E-state index in [-0.39, 0.29) is 17.1 Å². The average molecular weight is 411 g/mol. The van der Waals surface area contributed by atoms with Crippen LogP contribution >= 0.6 is 11.8 Å². The van der Waals surface area contributed by atoms with Gasteiger partial charge in [0.2, 0.25) is 5.16 Å². The molecule has 0 amide bonds. The van der Waals surface area contributed by atoms with Crippen molar-refractivity contribution in [3.05, 3.63) is 59.7 Å². The van der Waals surface area contributed by atoms with Gasteiger partial charge in [-0.3, -0.25) is 4.79 Å². The molecule has 0 radical (unpaired) electrons. The smallest absolute Gasteiger partial charge is 0.335 e. The number of benzene rings is 2. The third kappa shape index (κ3) is 5.20. The number of carbonyl (C=O) groups excluding carboxylic acids is 1. The van der Waals surface area contributed by atoms with Crippen LogP contribution < -0.4 is 5.32 Å². The van der Waals surface area contributed by atoms with Crippen LogP contribution in [0.2, 0.25) is 0 Å². The van der Waals surface area contributed by atoms with Crippen LogP contribution in [0.4, 0.5) is 5.69 Å². The van der Waals surface area contributed by atoms with Gasteiger partial charge in [0.25, 0.3) is 0 Å². The number of carboxylic acid groups (broad SMARTS) is 1. The number of aromatic nitrogens is 4. The van der Waals surface area contributed by atoms with Crippen LogP contribution in [0.25, 0.3) is 5.69 Å². The lowest BCUT2D eigenvalue weighted by molar-refractivity contribution is 0.0696. The monoisotopic (exact) mass is 411 g/mol. The molecule has 1 atom stereocenters. The van der Waals surface area contributed by atoms with Crippen molar-refractivity contribution in [2.24, 2.45) is 0 Å². The number of ketones is 1. The van der Waals surface area contributed by atoms with Crippen LogP contribution in [0.15, 0.2) is 53.7 Å². The van der Waals surface area contributed by atoms with Crippen molar-refractivity contribution < 1.29 is 14.7 Å². The SMILES string of the molecule is CCC(C)Nc1ccc(C(=O)CSc2nnnn2-c2ccc(C(=O)O)cc2)cc1. The highest BCUT2D eigenvalue weighted by Crippen LogP contribution is 2.20. The fourth-order valence-corrected chi connectivity index (χ4v) is 3.31. The predicted octanol–water partition coefficient (Wildman–Crippen LogP) is 3.55. The number of rotatable bonds is 9. The highest BCUT2D eigenvalue weighted by Gasteiger charge is 2.13. The molecule has 1 heterocycles. The summed E-state index contributed by atoms with van der Waals surface area (Å²) >= 11 is 1.23. The summed E-state index contributed by atoms with van der Waals surface area (Å²) in [6.45, 7) is 4.22. The van der Waals surface area contributed by atoms with Crippen LogP contribution in [0.5, 0.6) is 0 Å². The Morgan fingerprint density at radius 3 is 2.38 bits per heavy atom. The molecule has 1 aromatic heterocycles. The number of aromatic carboxylic acids is 1. The van der Waals surface area contributed by atoms with Crippen LogP contribution in [0.1, 0.15) is 41.0 Å². The molecule has 0 saturated heterocycles. The van der Waals surface area contributed by atoms with E-state index in [0.717, 1.165) is 12.1 Å². The summed E-state index contributed by atoms with van der Waals surface area (Å²) in [5.74, 6) is -0.842. The van der Waals surface area contributed by atoms with E-state index in [9.17, 15) is 9.59 Å². The summed E-state index contributed by atoms with van der Waals surface area (Å²) in [6, 6.07) is 14.0. The number of hydrogen-bond donors (Lipinski definition) is 2. The molecule has 0 aliphatic heterocycles. The Hall–Kier alpha value is -3.20. The number of anilines is 1. The molecule has 150 valence electrons. The van der Waals surface area contributed by atoms with E-state index in [1.165, 1.54) is 28.6 Å². The van der Waals surface area contributed by atoms with Gasteiger partial charge in [-0.25, -0.2) is 4.79 Å². The Morgan fingerprint density at radius 1 is 1.10 bits per heavy atom. The second-order valence-corrected chi connectivity index (χ2v) is 7.41. The van der Waals surface area contributed by atoms with Crippen molar-refractivity contribution in [1.82, 2.24) is 20.2 Å². The number of Topliss-reactive ketones (excluding diaryl/α,β-unsaturated/α-hetero) is 1. The zero-order valence-electron chi connectivity index (χ0n) is 16.1. The number of carboxylic acids is 1. The molecule has 0 aliphatic carbocycles. The fourth-order valence-electron chi connectivity index (χ4n) is 2.53. The number of thioether (sulfide) groups is 1. The molecule has 1 unspecified atom stereocenters. The maximum Gasteiger partial charge on any atom is 0.335 e. The number of carbonyl (C=O) groups is 2. The molecule has 2 aromatic carbocycles. The van der Waals surface area contributed by atoms with Gasteiger partial charge in [0.05, 0.1) is 17.0 Å². The normalized spacial score (nSPS) is 11.8. The number of tetrazole rings is 1. The van der Waals surface area contributed by atoms with Gasteiger partial charge in [-0.15, -0.1) is 5.10 Å². The summed E-state index contributed by atoms with van der Waals surface area (Å²) in [4.78, 5) is 23.5. The van der Waals surface area contributed by atoms with Crippen LogP contribution in [-0.2, 0) is 0 Å². The molecule has 9 heteroatoms. The Bertz CT molecular complexity index is 986. The largest absolute Gasteiger partial charge is 0.478 e. The van der Waals surface area contributed by atoms with Crippen LogP contribution in [0, 0.1) is 0 Å². The Labute approximate surface area is 172 Å². The molecule has 3 aromatic rings. The first-order chi connectivity index (χ1) is 14.0. The van der Waals surface area contributed by atoms with Crippen molar-refractivity contribution in [1.29, 1.82) is 0 Å². The summed E-state index contributed by atoms with van der Waals surface area (Å²) in [5.41, 5.74) is 2.40. The van der Waals surface area contributed by atoms with E-state index < -0.39 is 5.97 Å². The summed E-state index contributed by atoms with van der Waals surface area (Å²) in [7, 11) is 0. The minimum Gasteiger partial charge on any atom is -0.478 e. The van der Waals surface area contributed by atoms with E-state index in [1.807, 2.05) is 12.1 Å². The van der Waals surface area contributed by atoms with Gasteiger partial charge < -0.3 is 10.4 Å². The second-order valence-electron chi connectivity index (χ2n) is 6.47. The summed E-state index contributed by atoms with van der Waals surface area (Å²) < 4.78 is 1.47. The first-order valence-corrected chi connectivity index (χ1v) is 10.1. The molecule has 0 aliphatic rings. The van der Waals surface area contributed by atoms with E-state index in [4.69, 9.17) is 5.11 Å². The van der Waals surface area contributed by atoms with Crippen molar-refractivity contribution in [2.45, 2.75) is 31.5 Å². The molecule has 0 spiro atoms. The van der Waals surface area contributed by atoms with Gasteiger partial charge in [0.1, 0.15) is 0 Å². The molecule has 3 rings (SSSR count). The first-order valence-electron chi connectivity index (χ1n) is 9.12. The van der Waals surface area contributed by atoms with Gasteiger partial charge in [-0.2, -0.15) is 4.68 Å². The maximum atomic E-state index is 12.5. The summed E-state index contributed by atoms with van der Waals surface area (Å²) in [6.07, 6.45) is 1.02. The van der Waals surface area contributed by atoms with Gasteiger partial charge in [-0.1, -0.05) is 18.7 Å². The van der Waals surface area contributed by atoms with Gasteiger partial charge in [-0.05, 0) is 72.3 Å². The molecular formula is C20H21N5O3S. The standard InChI is InChI=1S/C20H21N5O3S/c1-3-13(2)21-16-8-4-14(5-9-16)18(26)12-29-20-22-23-24-25(20)17-10-6-15(7-11-17)19(27)28/h4-11,13,21H,3,12H2,1-2H3,(H,27,28). The Morgan fingerprint density at radius 2 is 1.76 bits per heavy atom. The maximum absolute atomic E-state index is 12.5. The predicted molar refractivity (Wildman–Crippen MR) is 111 cm³/mol. The molecule has 8 nitrogen and oxygen atoms in total. The van der Waals surface area contributed by atoms with Crippen LogP contribution in [-0.4, -0.2) is 48.9 Å². The van der Waals surface area contributed by atoms with E-state index in [2.05, 4.69) is 34.7 Å². The van der Waals surface area contributed by atoms with Crippen molar-refractivity contribution in [3.8, 4) is 5.69 Å². The van der Waals surface area contributed by atoms with Crippen LogP contribution in [0.3, 0.4) is 0 Å². The highest BCUT2D eigenvalue weighted by molar-refractivity contribution is 7.99. The lowest BCUT2D eigenvalue weighted by Crippen LogP contribution is -2.13. The third-order valence-corrected chi connectivity index (χ3v) is 5.28. The molecule has 29 heavy (non-hydrogen) atoms. The van der Waals surface area contributed by atoms with Gasteiger partial charge in [0.15, 0.2) is 5.78 Å². The molecular weight excluding hydrogens is 390 g/mol. The van der Waals surface area contributed by atoms with E-state index >= 15 is 0 Å².